The first-order chi connectivity index (χ1) is 17.0. The lowest BCUT2D eigenvalue weighted by Gasteiger charge is -2.73. The van der Waals surface area contributed by atoms with Gasteiger partial charge in [-0.2, -0.15) is 0 Å². The summed E-state index contributed by atoms with van der Waals surface area (Å²) in [6.07, 6.45) is 3.28. The van der Waals surface area contributed by atoms with Crippen molar-refractivity contribution < 1.29 is 30.6 Å². The minimum atomic E-state index is -1.24. The first-order valence-electron chi connectivity index (χ1n) is 14.7. The molecule has 6 heteroatoms. The lowest BCUT2D eigenvalue weighted by molar-refractivity contribution is -0.282. The van der Waals surface area contributed by atoms with Gasteiger partial charge in [0.05, 0.1) is 43.0 Å². The molecule has 0 amide bonds. The van der Waals surface area contributed by atoms with Gasteiger partial charge < -0.3 is 30.6 Å². The average Bonchev–Trinajstić information content (AvgIpc) is 2.85. The van der Waals surface area contributed by atoms with E-state index in [1.807, 2.05) is 13.8 Å². The average molecular weight is 521 g/mol. The highest BCUT2D eigenvalue weighted by molar-refractivity contribution is 5.38. The summed E-state index contributed by atoms with van der Waals surface area (Å²) in [6.45, 7) is 14.7. The summed E-state index contributed by atoms with van der Waals surface area (Å²) in [4.78, 5) is 0. The molecule has 4 fully saturated rings. The van der Waals surface area contributed by atoms with Gasteiger partial charge in [0.25, 0.3) is 0 Å². The van der Waals surface area contributed by atoms with Crippen LogP contribution in [-0.2, 0) is 0 Å². The summed E-state index contributed by atoms with van der Waals surface area (Å²) in [7, 11) is 0. The normalized spacial score (nSPS) is 58.9. The van der Waals surface area contributed by atoms with Crippen molar-refractivity contribution in [3.63, 3.8) is 0 Å². The molecule has 212 valence electrons. The van der Waals surface area contributed by atoms with Crippen molar-refractivity contribution in [1.82, 2.24) is 0 Å². The Hall–Kier alpha value is -0.500. The molecule has 4 saturated carbocycles. The molecular weight excluding hydrogens is 468 g/mol. The first-order valence-corrected chi connectivity index (χ1v) is 14.7. The van der Waals surface area contributed by atoms with Crippen molar-refractivity contribution in [1.29, 1.82) is 0 Å². The highest BCUT2D eigenvalue weighted by Gasteiger charge is 2.74. The van der Waals surface area contributed by atoms with Crippen LogP contribution in [0.3, 0.4) is 0 Å². The fourth-order valence-electron chi connectivity index (χ4n) is 11.2. The molecule has 3 unspecified atom stereocenters. The molecule has 0 heterocycles. The first kappa shape index (κ1) is 28.0. The van der Waals surface area contributed by atoms with Crippen LogP contribution >= 0.6 is 0 Å². The van der Waals surface area contributed by atoms with Crippen LogP contribution in [0.2, 0.25) is 0 Å². The molecule has 5 aliphatic rings. The molecule has 0 saturated heterocycles. The molecule has 0 bridgehead atoms. The molecule has 0 radical (unpaired) electrons. The zero-order valence-corrected chi connectivity index (χ0v) is 24.0. The van der Waals surface area contributed by atoms with E-state index in [-0.39, 0.29) is 53.1 Å². The fraction of sp³-hybridized carbons (Fsp3) is 0.935. The maximum absolute atomic E-state index is 12.1. The van der Waals surface area contributed by atoms with Crippen LogP contribution in [0.1, 0.15) is 87.0 Å². The Kier molecular flexibility index (Phi) is 6.26. The highest BCUT2D eigenvalue weighted by Crippen LogP contribution is 2.75. The SMILES string of the molecule is C[C@H]1[C@H](O)[C@@]2(CO)C(CC1(C)C)C1=CCC3[C@@]4(C)CC[C@H](O)[C@](C)(CO)C4CC[C@@]3(C)[C@]1(C)[C@@H](O)[C@H]2O. The van der Waals surface area contributed by atoms with E-state index in [2.05, 4.69) is 40.7 Å². The Morgan fingerprint density at radius 2 is 1.46 bits per heavy atom. The van der Waals surface area contributed by atoms with Crippen LogP contribution in [0.15, 0.2) is 11.6 Å². The number of aliphatic hydroxyl groups is 6. The van der Waals surface area contributed by atoms with E-state index in [0.29, 0.717) is 6.42 Å². The second-order valence-corrected chi connectivity index (χ2v) is 15.5. The second-order valence-electron chi connectivity index (χ2n) is 15.5. The highest BCUT2D eigenvalue weighted by atomic mass is 16.3. The molecule has 0 aliphatic heterocycles. The van der Waals surface area contributed by atoms with E-state index in [4.69, 9.17) is 0 Å². The molecule has 0 aromatic rings. The Bertz CT molecular complexity index is 963. The molecule has 5 rings (SSSR count). The molecule has 0 spiro atoms. The van der Waals surface area contributed by atoms with E-state index in [0.717, 1.165) is 37.7 Å². The summed E-state index contributed by atoms with van der Waals surface area (Å²) in [5.41, 5.74) is -1.96. The quantitative estimate of drug-likeness (QED) is 0.311. The van der Waals surface area contributed by atoms with E-state index < -0.39 is 40.7 Å². The van der Waals surface area contributed by atoms with Crippen molar-refractivity contribution in [3.05, 3.63) is 11.6 Å². The van der Waals surface area contributed by atoms with Crippen LogP contribution < -0.4 is 0 Å². The van der Waals surface area contributed by atoms with E-state index in [1.54, 1.807) is 0 Å². The van der Waals surface area contributed by atoms with Gasteiger partial charge in [0.1, 0.15) is 0 Å². The van der Waals surface area contributed by atoms with Crippen molar-refractivity contribution >= 4 is 0 Å². The Labute approximate surface area is 223 Å². The monoisotopic (exact) mass is 520 g/mol. The summed E-state index contributed by atoms with van der Waals surface area (Å²) < 4.78 is 0. The number of rotatable bonds is 2. The number of fused-ring (bicyclic) bond motifs is 7. The maximum Gasteiger partial charge on any atom is 0.0916 e. The summed E-state index contributed by atoms with van der Waals surface area (Å²) >= 11 is 0. The zero-order valence-electron chi connectivity index (χ0n) is 24.0. The smallest absolute Gasteiger partial charge is 0.0916 e. The van der Waals surface area contributed by atoms with Crippen LogP contribution in [0.25, 0.3) is 0 Å². The standard InChI is InChI=1S/C31H52O6/c1-17-23(35)31(16-33)19(14-26(17,2)3)18-8-9-21-27(4)12-11-22(34)28(5,15-32)20(27)10-13-29(21,6)30(18,7)24(36)25(31)37/h8,17,19-25,32-37H,9-16H2,1-7H3/t17-,19?,20?,21?,22-,23-,24-,25+,27-,28+,29+,30-,31+/m0/s1. The molecule has 0 aromatic carbocycles. The molecule has 13 atom stereocenters. The van der Waals surface area contributed by atoms with Crippen LogP contribution in [-0.4, -0.2) is 68.3 Å². The minimum absolute atomic E-state index is 0.0379. The fourth-order valence-corrected chi connectivity index (χ4v) is 11.2. The molecule has 6 N–H and O–H groups in total. The zero-order chi connectivity index (χ0) is 27.6. The van der Waals surface area contributed by atoms with Crippen LogP contribution in [0, 0.1) is 56.2 Å². The third kappa shape index (κ3) is 3.04. The molecule has 37 heavy (non-hydrogen) atoms. The van der Waals surface area contributed by atoms with Gasteiger partial charge in [-0.15, -0.1) is 0 Å². The Morgan fingerprint density at radius 1 is 0.811 bits per heavy atom. The second kappa shape index (κ2) is 8.27. The largest absolute Gasteiger partial charge is 0.396 e. The molecule has 5 aliphatic carbocycles. The van der Waals surface area contributed by atoms with Gasteiger partial charge in [0, 0.05) is 10.8 Å². The Morgan fingerprint density at radius 3 is 2.05 bits per heavy atom. The predicted molar refractivity (Wildman–Crippen MR) is 142 cm³/mol. The Balaban J connectivity index is 1.67. The van der Waals surface area contributed by atoms with Crippen molar-refractivity contribution in [2.75, 3.05) is 13.2 Å². The van der Waals surface area contributed by atoms with Crippen molar-refractivity contribution in [2.45, 2.75) is 111 Å². The summed E-state index contributed by atoms with van der Waals surface area (Å²) in [6, 6.07) is 0. The van der Waals surface area contributed by atoms with Crippen LogP contribution in [0.4, 0.5) is 0 Å². The van der Waals surface area contributed by atoms with Gasteiger partial charge in [-0.3, -0.25) is 0 Å². The third-order valence-corrected chi connectivity index (χ3v) is 14.3. The molecular formula is C31H52O6. The lowest BCUT2D eigenvalue weighted by Crippen LogP contribution is -2.75. The van der Waals surface area contributed by atoms with E-state index in [1.165, 1.54) is 0 Å². The van der Waals surface area contributed by atoms with Crippen molar-refractivity contribution in [3.8, 4) is 0 Å². The van der Waals surface area contributed by atoms with Gasteiger partial charge in [-0.05, 0) is 78.4 Å². The van der Waals surface area contributed by atoms with Gasteiger partial charge >= 0.3 is 0 Å². The number of allylic oxidation sites excluding steroid dienone is 1. The van der Waals surface area contributed by atoms with Gasteiger partial charge in [-0.1, -0.05) is 60.1 Å². The predicted octanol–water partition coefficient (Wildman–Crippen LogP) is 3.27. The number of aliphatic hydroxyl groups excluding tert-OH is 6. The topological polar surface area (TPSA) is 121 Å². The number of hydrogen-bond acceptors (Lipinski definition) is 6. The van der Waals surface area contributed by atoms with Gasteiger partial charge in [0.2, 0.25) is 0 Å². The van der Waals surface area contributed by atoms with Crippen molar-refractivity contribution in [2.24, 2.45) is 56.2 Å². The molecule has 6 nitrogen and oxygen atoms in total. The lowest BCUT2D eigenvalue weighted by atomic mass is 9.32. The van der Waals surface area contributed by atoms with E-state index >= 15 is 0 Å². The molecule has 0 aromatic heterocycles. The summed E-state index contributed by atoms with van der Waals surface area (Å²) in [5, 5.41) is 67.8. The van der Waals surface area contributed by atoms with Gasteiger partial charge in [-0.25, -0.2) is 0 Å². The number of hydrogen-bond donors (Lipinski definition) is 6. The van der Waals surface area contributed by atoms with E-state index in [9.17, 15) is 30.6 Å². The minimum Gasteiger partial charge on any atom is -0.396 e. The third-order valence-electron chi connectivity index (χ3n) is 14.3. The maximum atomic E-state index is 12.1. The van der Waals surface area contributed by atoms with Gasteiger partial charge in [0.15, 0.2) is 0 Å². The van der Waals surface area contributed by atoms with Crippen LogP contribution in [0.5, 0.6) is 0 Å². The summed E-state index contributed by atoms with van der Waals surface area (Å²) in [5.74, 6) is 0.0359.